The lowest BCUT2D eigenvalue weighted by atomic mass is 10.2. The zero-order chi connectivity index (χ0) is 12.6. The first kappa shape index (κ1) is 13.2. The molecule has 2 aromatic rings. The van der Waals surface area contributed by atoms with Gasteiger partial charge in [-0.2, -0.15) is 0 Å². The maximum absolute atomic E-state index is 2.25. The molecule has 0 fully saturated rings. The molecule has 0 unspecified atom stereocenters. The number of allylic oxidation sites excluding steroid dienone is 2. The molecule has 0 amide bonds. The Labute approximate surface area is 116 Å². The number of rotatable bonds is 4. The number of hydrogen-bond donors (Lipinski definition) is 0. The van der Waals surface area contributed by atoms with E-state index >= 15 is 0 Å². The van der Waals surface area contributed by atoms with E-state index in [1.807, 2.05) is 30.0 Å². The third-order valence-corrected chi connectivity index (χ3v) is 4.44. The van der Waals surface area contributed by atoms with Crippen LogP contribution in [0, 0.1) is 0 Å². The monoisotopic (exact) mass is 272 g/mol. The summed E-state index contributed by atoms with van der Waals surface area (Å²) < 4.78 is 0. The van der Waals surface area contributed by atoms with Gasteiger partial charge in [0.1, 0.15) is 0 Å². The van der Waals surface area contributed by atoms with Crippen molar-refractivity contribution in [2.24, 2.45) is 0 Å². The van der Waals surface area contributed by atoms with E-state index in [1.165, 1.54) is 15.3 Å². The van der Waals surface area contributed by atoms with Crippen LogP contribution in [0.1, 0.15) is 11.8 Å². The predicted octanol–water partition coefficient (Wildman–Crippen LogP) is 3.78. The lowest BCUT2D eigenvalue weighted by Gasteiger charge is -1.93. The van der Waals surface area contributed by atoms with Gasteiger partial charge in [0.25, 0.3) is 0 Å². The Kier molecular flexibility index (Phi) is 5.31. The van der Waals surface area contributed by atoms with Gasteiger partial charge in [-0.1, -0.05) is 48.6 Å². The topological polar surface area (TPSA) is 0 Å². The molecule has 0 N–H and O–H groups in total. The largest absolute Gasteiger partial charge is 0.148 e. The molecule has 2 heteroatoms. The smallest absolute Gasteiger partial charge is 0.0320 e. The van der Waals surface area contributed by atoms with E-state index in [0.29, 0.717) is 0 Å². The summed E-state index contributed by atoms with van der Waals surface area (Å²) in [5, 5.41) is 6.94. The van der Waals surface area contributed by atoms with Crippen LogP contribution >= 0.6 is 23.1 Å². The van der Waals surface area contributed by atoms with Crippen molar-refractivity contribution in [3.63, 3.8) is 0 Å². The lowest BCUT2D eigenvalue weighted by Crippen LogP contribution is -2.22. The molecule has 0 spiro atoms. The minimum Gasteiger partial charge on any atom is -0.148 e. The highest BCUT2D eigenvalue weighted by Crippen LogP contribution is 2.17. The van der Waals surface area contributed by atoms with Crippen LogP contribution in [0.15, 0.2) is 53.9 Å². The average molecular weight is 272 g/mol. The van der Waals surface area contributed by atoms with Gasteiger partial charge in [0, 0.05) is 10.6 Å². The van der Waals surface area contributed by atoms with Crippen molar-refractivity contribution in [3.8, 4) is 0 Å². The van der Waals surface area contributed by atoms with E-state index in [2.05, 4.69) is 65.4 Å². The molecule has 92 valence electrons. The molecule has 0 aliphatic rings. The fourth-order valence-electron chi connectivity index (χ4n) is 1.58. The Morgan fingerprint density at radius 1 is 1.11 bits per heavy atom. The van der Waals surface area contributed by atoms with Crippen LogP contribution in [0.4, 0.5) is 0 Å². The Bertz CT molecular complexity index is 607. The average Bonchev–Trinajstić information content (AvgIpc) is 2.91. The van der Waals surface area contributed by atoms with Gasteiger partial charge in [-0.3, -0.25) is 0 Å². The normalized spacial score (nSPS) is 13.6. The Morgan fingerprint density at radius 2 is 1.94 bits per heavy atom. The number of benzene rings is 1. The maximum atomic E-state index is 2.25. The number of thiophene rings is 1. The molecular weight excluding hydrogens is 256 g/mol. The molecular formula is C16H16S2. The first-order valence-electron chi connectivity index (χ1n) is 5.92. The second-order valence-corrected chi connectivity index (χ2v) is 5.72. The summed E-state index contributed by atoms with van der Waals surface area (Å²) in [5.74, 6) is 1.05. The van der Waals surface area contributed by atoms with Gasteiger partial charge in [0.15, 0.2) is 0 Å². The third-order valence-electron chi connectivity index (χ3n) is 2.48. The summed E-state index contributed by atoms with van der Waals surface area (Å²) in [6, 6.07) is 12.8. The molecule has 18 heavy (non-hydrogen) atoms. The molecule has 1 aromatic heterocycles. The summed E-state index contributed by atoms with van der Waals surface area (Å²) in [6.07, 6.45) is 6.28. The standard InChI is InChI=1S/C16H16S2/c1-2-3-7-14-8-4-5-9-15(14)12-17-13-16-10-6-11-18-16/h2-12H,13H2,1H3/b3-2-,14-7-,15-12+. The molecule has 2 rings (SSSR count). The molecule has 1 heterocycles. The van der Waals surface area contributed by atoms with E-state index in [4.69, 9.17) is 0 Å². The number of thioether (sulfide) groups is 1. The zero-order valence-electron chi connectivity index (χ0n) is 10.4. The first-order valence-corrected chi connectivity index (χ1v) is 7.85. The minimum absolute atomic E-state index is 1.05. The predicted molar refractivity (Wildman–Crippen MR) is 85.1 cm³/mol. The van der Waals surface area contributed by atoms with Crippen LogP contribution in [0.5, 0.6) is 0 Å². The van der Waals surface area contributed by atoms with Crippen LogP contribution < -0.4 is 10.4 Å². The molecule has 0 saturated carbocycles. The molecule has 0 radical (unpaired) electrons. The summed E-state index contributed by atoms with van der Waals surface area (Å²) in [6.45, 7) is 2.04. The molecule has 0 saturated heterocycles. The third kappa shape index (κ3) is 3.90. The van der Waals surface area contributed by atoms with Crippen molar-refractivity contribution in [2.45, 2.75) is 12.7 Å². The minimum atomic E-state index is 1.05. The van der Waals surface area contributed by atoms with Crippen molar-refractivity contribution in [1.82, 2.24) is 0 Å². The SMILES string of the molecule is C\C=C/C=c1/cccc/c1=C\SCc1cccs1. The van der Waals surface area contributed by atoms with Crippen molar-refractivity contribution < 1.29 is 0 Å². The first-order chi connectivity index (χ1) is 8.90. The van der Waals surface area contributed by atoms with Crippen molar-refractivity contribution in [2.75, 3.05) is 0 Å². The Balaban J connectivity index is 2.17. The highest BCUT2D eigenvalue weighted by Gasteiger charge is 1.91. The fourth-order valence-corrected chi connectivity index (χ4v) is 3.28. The van der Waals surface area contributed by atoms with Gasteiger partial charge in [-0.25, -0.2) is 0 Å². The van der Waals surface area contributed by atoms with Crippen LogP contribution in [0.25, 0.3) is 11.5 Å². The molecule has 0 nitrogen and oxygen atoms in total. The van der Waals surface area contributed by atoms with Gasteiger partial charge in [-0.05, 0) is 34.2 Å². The van der Waals surface area contributed by atoms with E-state index in [-0.39, 0.29) is 0 Å². The quantitative estimate of drug-likeness (QED) is 0.816. The van der Waals surface area contributed by atoms with Gasteiger partial charge >= 0.3 is 0 Å². The molecule has 0 aliphatic heterocycles. The van der Waals surface area contributed by atoms with Crippen LogP contribution in [0.2, 0.25) is 0 Å². The van der Waals surface area contributed by atoms with Crippen LogP contribution in [0.3, 0.4) is 0 Å². The number of hydrogen-bond acceptors (Lipinski definition) is 2. The van der Waals surface area contributed by atoms with Crippen molar-refractivity contribution in [3.05, 3.63) is 69.2 Å². The Morgan fingerprint density at radius 3 is 2.67 bits per heavy atom. The van der Waals surface area contributed by atoms with Crippen LogP contribution in [-0.2, 0) is 5.75 Å². The van der Waals surface area contributed by atoms with Crippen molar-refractivity contribution >= 4 is 34.6 Å². The highest BCUT2D eigenvalue weighted by molar-refractivity contribution is 8.05. The van der Waals surface area contributed by atoms with E-state index < -0.39 is 0 Å². The highest BCUT2D eigenvalue weighted by atomic mass is 32.2. The fraction of sp³-hybridized carbons (Fsp3) is 0.125. The Hall–Kier alpha value is -1.25. The second-order valence-electron chi connectivity index (χ2n) is 3.83. The van der Waals surface area contributed by atoms with E-state index in [0.717, 1.165) is 5.75 Å². The summed E-state index contributed by atoms with van der Waals surface area (Å²) in [5.41, 5.74) is 0. The molecule has 1 aromatic carbocycles. The van der Waals surface area contributed by atoms with Gasteiger partial charge in [0.05, 0.1) is 0 Å². The zero-order valence-corrected chi connectivity index (χ0v) is 12.0. The second kappa shape index (κ2) is 7.24. The lowest BCUT2D eigenvalue weighted by molar-refractivity contribution is 1.52. The van der Waals surface area contributed by atoms with Crippen LogP contribution in [-0.4, -0.2) is 0 Å². The van der Waals surface area contributed by atoms with Crippen molar-refractivity contribution in [1.29, 1.82) is 0 Å². The van der Waals surface area contributed by atoms with Gasteiger partial charge in [-0.15, -0.1) is 23.1 Å². The molecule has 0 bridgehead atoms. The summed E-state index contributed by atoms with van der Waals surface area (Å²) >= 11 is 3.67. The van der Waals surface area contributed by atoms with E-state index in [9.17, 15) is 0 Å². The van der Waals surface area contributed by atoms with Gasteiger partial charge < -0.3 is 0 Å². The molecule has 0 aliphatic carbocycles. The summed E-state index contributed by atoms with van der Waals surface area (Å²) in [4.78, 5) is 1.42. The van der Waals surface area contributed by atoms with E-state index in [1.54, 1.807) is 0 Å². The van der Waals surface area contributed by atoms with Gasteiger partial charge in [0.2, 0.25) is 0 Å². The molecule has 0 atom stereocenters. The maximum Gasteiger partial charge on any atom is 0.0320 e. The summed E-state index contributed by atoms with van der Waals surface area (Å²) in [7, 11) is 0.